The highest BCUT2D eigenvalue weighted by molar-refractivity contribution is 5.75. The van der Waals surface area contributed by atoms with Gasteiger partial charge in [-0.05, 0) is 25.7 Å². The molecule has 2 aliphatic rings. The van der Waals surface area contributed by atoms with Crippen LogP contribution in [0, 0.1) is 5.41 Å². The molecule has 6 heteroatoms. The van der Waals surface area contributed by atoms with Gasteiger partial charge < -0.3 is 5.11 Å². The van der Waals surface area contributed by atoms with Crippen LogP contribution in [0.2, 0.25) is 0 Å². The number of halogens is 3. The summed E-state index contributed by atoms with van der Waals surface area (Å²) in [7, 11) is 0. The minimum absolute atomic E-state index is 0.0481. The van der Waals surface area contributed by atoms with E-state index in [-0.39, 0.29) is 12.6 Å². The number of alkyl halides is 3. The third-order valence-electron chi connectivity index (χ3n) is 3.97. The number of carboxylic acid groups (broad SMARTS) is 1. The van der Waals surface area contributed by atoms with E-state index in [1.165, 1.54) is 4.90 Å². The summed E-state index contributed by atoms with van der Waals surface area (Å²) in [6, 6.07) is -0.0662. The van der Waals surface area contributed by atoms with E-state index in [1.54, 1.807) is 0 Å². The molecule has 2 rings (SSSR count). The maximum atomic E-state index is 12.5. The predicted molar refractivity (Wildman–Crippen MR) is 59.2 cm³/mol. The molecule has 0 unspecified atom stereocenters. The standard InChI is InChI=1S/C12H18F3NO2/c13-12(14,15)8-16(9-3-4-9)7-11(10(17)18)5-1-2-6-11/h9H,1-8H2,(H,17,18). The summed E-state index contributed by atoms with van der Waals surface area (Å²) in [5.74, 6) is -0.937. The molecule has 2 aliphatic carbocycles. The first-order chi connectivity index (χ1) is 8.32. The molecule has 0 aliphatic heterocycles. The number of carboxylic acids is 1. The van der Waals surface area contributed by atoms with Crippen LogP contribution in [0.25, 0.3) is 0 Å². The van der Waals surface area contributed by atoms with Crippen LogP contribution in [0.4, 0.5) is 13.2 Å². The fraction of sp³-hybridized carbons (Fsp3) is 0.917. The lowest BCUT2D eigenvalue weighted by atomic mass is 9.85. The van der Waals surface area contributed by atoms with Gasteiger partial charge in [-0.2, -0.15) is 13.2 Å². The highest BCUT2D eigenvalue weighted by Crippen LogP contribution is 2.42. The van der Waals surface area contributed by atoms with Crippen molar-refractivity contribution >= 4 is 5.97 Å². The summed E-state index contributed by atoms with van der Waals surface area (Å²) in [5, 5.41) is 9.31. The van der Waals surface area contributed by atoms with Crippen molar-refractivity contribution in [1.82, 2.24) is 4.90 Å². The van der Waals surface area contributed by atoms with Gasteiger partial charge in [-0.25, -0.2) is 0 Å². The monoisotopic (exact) mass is 265 g/mol. The zero-order chi connectivity index (χ0) is 13.4. The van der Waals surface area contributed by atoms with Gasteiger partial charge in [-0.3, -0.25) is 9.69 Å². The topological polar surface area (TPSA) is 40.5 Å². The Hall–Kier alpha value is -0.780. The first-order valence-electron chi connectivity index (χ1n) is 6.37. The molecule has 2 saturated carbocycles. The Morgan fingerprint density at radius 2 is 1.83 bits per heavy atom. The second kappa shape index (κ2) is 4.72. The van der Waals surface area contributed by atoms with Gasteiger partial charge in [0.25, 0.3) is 0 Å². The Kier molecular flexibility index (Phi) is 3.58. The van der Waals surface area contributed by atoms with Gasteiger partial charge in [0.05, 0.1) is 12.0 Å². The van der Waals surface area contributed by atoms with E-state index in [9.17, 15) is 23.1 Å². The molecule has 104 valence electrons. The van der Waals surface area contributed by atoms with Crippen molar-refractivity contribution in [1.29, 1.82) is 0 Å². The van der Waals surface area contributed by atoms with E-state index in [1.807, 2.05) is 0 Å². The van der Waals surface area contributed by atoms with Crippen LogP contribution >= 0.6 is 0 Å². The predicted octanol–water partition coefficient (Wildman–Crippen LogP) is 2.66. The molecule has 0 aromatic carbocycles. The summed E-state index contributed by atoms with van der Waals surface area (Å²) < 4.78 is 37.5. The average molecular weight is 265 g/mol. The van der Waals surface area contributed by atoms with Crippen molar-refractivity contribution in [2.24, 2.45) is 5.41 Å². The van der Waals surface area contributed by atoms with Crippen LogP contribution in [0.3, 0.4) is 0 Å². The molecular weight excluding hydrogens is 247 g/mol. The first-order valence-corrected chi connectivity index (χ1v) is 6.37. The molecule has 0 spiro atoms. The van der Waals surface area contributed by atoms with E-state index in [2.05, 4.69) is 0 Å². The Morgan fingerprint density at radius 1 is 1.28 bits per heavy atom. The van der Waals surface area contributed by atoms with E-state index in [0.29, 0.717) is 12.8 Å². The minimum Gasteiger partial charge on any atom is -0.481 e. The Labute approximate surface area is 104 Å². The van der Waals surface area contributed by atoms with Crippen LogP contribution in [0.5, 0.6) is 0 Å². The van der Waals surface area contributed by atoms with Crippen molar-refractivity contribution in [2.45, 2.75) is 50.7 Å². The van der Waals surface area contributed by atoms with Crippen molar-refractivity contribution in [3.63, 3.8) is 0 Å². The number of hydrogen-bond acceptors (Lipinski definition) is 2. The molecule has 0 amide bonds. The fourth-order valence-electron chi connectivity index (χ4n) is 2.86. The van der Waals surface area contributed by atoms with Gasteiger partial charge in [-0.1, -0.05) is 12.8 Å². The maximum Gasteiger partial charge on any atom is 0.401 e. The largest absolute Gasteiger partial charge is 0.481 e. The molecule has 3 nitrogen and oxygen atoms in total. The van der Waals surface area contributed by atoms with Crippen LogP contribution in [-0.2, 0) is 4.79 Å². The van der Waals surface area contributed by atoms with E-state index in [0.717, 1.165) is 25.7 Å². The SMILES string of the molecule is O=C(O)C1(CN(CC(F)(F)F)C2CC2)CCCC1. The van der Waals surface area contributed by atoms with Crippen LogP contribution < -0.4 is 0 Å². The average Bonchev–Trinajstić information content (AvgIpc) is 2.97. The van der Waals surface area contributed by atoms with Gasteiger partial charge in [0.15, 0.2) is 0 Å². The second-order valence-corrected chi connectivity index (χ2v) is 5.54. The van der Waals surface area contributed by atoms with Gasteiger partial charge in [0.1, 0.15) is 0 Å². The second-order valence-electron chi connectivity index (χ2n) is 5.54. The molecule has 2 fully saturated rings. The van der Waals surface area contributed by atoms with Crippen molar-refractivity contribution in [2.75, 3.05) is 13.1 Å². The summed E-state index contributed by atoms with van der Waals surface area (Å²) in [6.07, 6.45) is -0.126. The molecule has 0 radical (unpaired) electrons. The Morgan fingerprint density at radius 3 is 2.22 bits per heavy atom. The van der Waals surface area contributed by atoms with Gasteiger partial charge in [0.2, 0.25) is 0 Å². The zero-order valence-corrected chi connectivity index (χ0v) is 10.2. The molecule has 0 atom stereocenters. The quantitative estimate of drug-likeness (QED) is 0.830. The molecule has 18 heavy (non-hydrogen) atoms. The number of hydrogen-bond donors (Lipinski definition) is 1. The van der Waals surface area contributed by atoms with Crippen molar-refractivity contribution in [3.8, 4) is 0 Å². The molecule has 0 heterocycles. The van der Waals surface area contributed by atoms with Crippen LogP contribution in [-0.4, -0.2) is 41.3 Å². The van der Waals surface area contributed by atoms with Crippen molar-refractivity contribution < 1.29 is 23.1 Å². The lowest BCUT2D eigenvalue weighted by molar-refractivity contribution is -0.161. The van der Waals surface area contributed by atoms with E-state index >= 15 is 0 Å². The van der Waals surface area contributed by atoms with Crippen LogP contribution in [0.15, 0.2) is 0 Å². The van der Waals surface area contributed by atoms with Crippen molar-refractivity contribution in [3.05, 3.63) is 0 Å². The maximum absolute atomic E-state index is 12.5. The van der Waals surface area contributed by atoms with E-state index < -0.39 is 24.1 Å². The van der Waals surface area contributed by atoms with E-state index in [4.69, 9.17) is 0 Å². The first kappa shape index (κ1) is 13.6. The summed E-state index contributed by atoms with van der Waals surface area (Å²) in [5.41, 5.74) is -0.951. The number of nitrogens with zero attached hydrogens (tertiary/aromatic N) is 1. The number of aliphatic carboxylic acids is 1. The van der Waals surface area contributed by atoms with Crippen LogP contribution in [0.1, 0.15) is 38.5 Å². The normalized spacial score (nSPS) is 23.6. The molecule has 0 aromatic heterocycles. The molecule has 1 N–H and O–H groups in total. The zero-order valence-electron chi connectivity index (χ0n) is 10.2. The molecular formula is C12H18F3NO2. The summed E-state index contributed by atoms with van der Waals surface area (Å²) in [6.45, 7) is -0.931. The highest BCUT2D eigenvalue weighted by atomic mass is 19.4. The third kappa shape index (κ3) is 3.16. The van der Waals surface area contributed by atoms with Gasteiger partial charge in [-0.15, -0.1) is 0 Å². The highest BCUT2D eigenvalue weighted by Gasteiger charge is 2.47. The smallest absolute Gasteiger partial charge is 0.401 e. The lowest BCUT2D eigenvalue weighted by Crippen LogP contribution is -2.46. The fourth-order valence-corrected chi connectivity index (χ4v) is 2.86. The third-order valence-corrected chi connectivity index (χ3v) is 3.97. The summed E-state index contributed by atoms with van der Waals surface area (Å²) in [4.78, 5) is 12.7. The Bertz CT molecular complexity index is 320. The number of rotatable bonds is 5. The number of carbonyl (C=O) groups is 1. The molecule has 0 bridgehead atoms. The summed E-state index contributed by atoms with van der Waals surface area (Å²) >= 11 is 0. The van der Waals surface area contributed by atoms with Gasteiger partial charge in [0, 0.05) is 12.6 Å². The van der Waals surface area contributed by atoms with Gasteiger partial charge >= 0.3 is 12.1 Å². The molecule has 0 saturated heterocycles. The lowest BCUT2D eigenvalue weighted by Gasteiger charge is -2.32. The Balaban J connectivity index is 2.05. The minimum atomic E-state index is -4.25. The molecule has 0 aromatic rings.